The molecule has 0 aromatic heterocycles. The summed E-state index contributed by atoms with van der Waals surface area (Å²) >= 11 is 0. The van der Waals surface area contributed by atoms with Gasteiger partial charge < -0.3 is 14.6 Å². The van der Waals surface area contributed by atoms with Gasteiger partial charge in [-0.1, -0.05) is 18.2 Å². The van der Waals surface area contributed by atoms with E-state index in [1.54, 1.807) is 18.2 Å². The third-order valence-corrected chi connectivity index (χ3v) is 2.42. The maximum absolute atomic E-state index is 13.3. The molecule has 1 fully saturated rings. The van der Waals surface area contributed by atoms with E-state index in [1.165, 1.54) is 6.07 Å². The maximum atomic E-state index is 13.3. The van der Waals surface area contributed by atoms with Crippen molar-refractivity contribution in [1.82, 2.24) is 0 Å². The van der Waals surface area contributed by atoms with E-state index in [0.29, 0.717) is 19.8 Å². The van der Waals surface area contributed by atoms with E-state index in [4.69, 9.17) is 9.47 Å². The van der Waals surface area contributed by atoms with Gasteiger partial charge in [-0.3, -0.25) is 0 Å². The molecule has 1 saturated heterocycles. The predicted molar refractivity (Wildman–Crippen MR) is 51.9 cm³/mol. The molecule has 1 aromatic carbocycles. The molecule has 1 N–H and O–H groups in total. The lowest BCUT2D eigenvalue weighted by Gasteiger charge is -2.27. The molecule has 1 heterocycles. The van der Waals surface area contributed by atoms with Gasteiger partial charge in [-0.2, -0.15) is 0 Å². The minimum Gasteiger partial charge on any atom is -0.385 e. The monoisotopic (exact) mass is 212 g/mol. The minimum atomic E-state index is -0.966. The zero-order chi connectivity index (χ0) is 10.7. The summed E-state index contributed by atoms with van der Waals surface area (Å²) in [5, 5.41) is 9.88. The summed E-state index contributed by atoms with van der Waals surface area (Å²) in [5.41, 5.74) is 0.257. The number of hydrogen-bond donors (Lipinski definition) is 1. The molecule has 15 heavy (non-hydrogen) atoms. The quantitative estimate of drug-likeness (QED) is 0.802. The SMILES string of the molecule is OC(c1ccccc1F)C1COCCO1. The number of rotatable bonds is 2. The average molecular weight is 212 g/mol. The van der Waals surface area contributed by atoms with Crippen molar-refractivity contribution in [2.75, 3.05) is 19.8 Å². The number of aliphatic hydroxyl groups is 1. The van der Waals surface area contributed by atoms with Crippen LogP contribution in [0.1, 0.15) is 11.7 Å². The van der Waals surface area contributed by atoms with Gasteiger partial charge in [0.2, 0.25) is 0 Å². The Labute approximate surface area is 87.4 Å². The van der Waals surface area contributed by atoms with Gasteiger partial charge in [-0.15, -0.1) is 0 Å². The highest BCUT2D eigenvalue weighted by molar-refractivity contribution is 5.20. The van der Waals surface area contributed by atoms with Gasteiger partial charge in [0, 0.05) is 5.56 Å². The smallest absolute Gasteiger partial charge is 0.129 e. The number of hydrogen-bond acceptors (Lipinski definition) is 3. The lowest BCUT2D eigenvalue weighted by Crippen LogP contribution is -2.34. The van der Waals surface area contributed by atoms with Crippen LogP contribution in [0.15, 0.2) is 24.3 Å². The molecule has 0 spiro atoms. The fourth-order valence-electron chi connectivity index (χ4n) is 1.60. The van der Waals surface area contributed by atoms with Gasteiger partial charge in [-0.25, -0.2) is 4.39 Å². The van der Waals surface area contributed by atoms with Crippen molar-refractivity contribution in [3.63, 3.8) is 0 Å². The van der Waals surface area contributed by atoms with Crippen LogP contribution in [-0.2, 0) is 9.47 Å². The topological polar surface area (TPSA) is 38.7 Å². The van der Waals surface area contributed by atoms with E-state index in [1.807, 2.05) is 0 Å². The lowest BCUT2D eigenvalue weighted by molar-refractivity contribution is -0.134. The zero-order valence-corrected chi connectivity index (χ0v) is 8.23. The highest BCUT2D eigenvalue weighted by Crippen LogP contribution is 2.23. The van der Waals surface area contributed by atoms with Crippen molar-refractivity contribution < 1.29 is 19.0 Å². The summed E-state index contributed by atoms with van der Waals surface area (Å²) in [6, 6.07) is 6.15. The zero-order valence-electron chi connectivity index (χ0n) is 8.23. The molecule has 82 valence electrons. The molecule has 2 rings (SSSR count). The summed E-state index contributed by atoms with van der Waals surface area (Å²) in [5.74, 6) is -0.417. The molecule has 1 aliphatic rings. The Balaban J connectivity index is 2.12. The average Bonchev–Trinajstić information content (AvgIpc) is 2.30. The molecule has 1 aromatic rings. The Bertz CT molecular complexity index is 323. The van der Waals surface area contributed by atoms with Crippen LogP contribution in [0.2, 0.25) is 0 Å². The van der Waals surface area contributed by atoms with Crippen molar-refractivity contribution in [2.45, 2.75) is 12.2 Å². The van der Waals surface area contributed by atoms with Gasteiger partial charge in [0.1, 0.15) is 18.0 Å². The van der Waals surface area contributed by atoms with Crippen LogP contribution in [-0.4, -0.2) is 31.0 Å². The van der Waals surface area contributed by atoms with E-state index >= 15 is 0 Å². The lowest BCUT2D eigenvalue weighted by atomic mass is 10.0. The Kier molecular flexibility index (Phi) is 3.30. The maximum Gasteiger partial charge on any atom is 0.129 e. The van der Waals surface area contributed by atoms with Gasteiger partial charge in [0.25, 0.3) is 0 Å². The van der Waals surface area contributed by atoms with Crippen LogP contribution in [0, 0.1) is 5.82 Å². The summed E-state index contributed by atoms with van der Waals surface area (Å²) in [6.07, 6.45) is -1.44. The largest absolute Gasteiger partial charge is 0.385 e. The first kappa shape index (κ1) is 10.5. The van der Waals surface area contributed by atoms with Crippen LogP contribution in [0.5, 0.6) is 0 Å². The summed E-state index contributed by atoms with van der Waals surface area (Å²) < 4.78 is 23.8. The molecular formula is C11H13FO3. The molecule has 0 saturated carbocycles. The van der Waals surface area contributed by atoms with Crippen molar-refractivity contribution in [3.8, 4) is 0 Å². The molecule has 4 heteroatoms. The second-order valence-electron chi connectivity index (χ2n) is 3.45. The Hall–Kier alpha value is -0.970. The Morgan fingerprint density at radius 2 is 2.13 bits per heavy atom. The highest BCUT2D eigenvalue weighted by Gasteiger charge is 2.26. The van der Waals surface area contributed by atoms with E-state index < -0.39 is 18.0 Å². The number of ether oxygens (including phenoxy) is 2. The molecule has 2 unspecified atom stereocenters. The fourth-order valence-corrected chi connectivity index (χ4v) is 1.60. The number of aliphatic hydroxyl groups excluding tert-OH is 1. The van der Waals surface area contributed by atoms with E-state index in [-0.39, 0.29) is 5.56 Å². The van der Waals surface area contributed by atoms with Crippen LogP contribution >= 0.6 is 0 Å². The Morgan fingerprint density at radius 3 is 2.80 bits per heavy atom. The van der Waals surface area contributed by atoms with Crippen molar-refractivity contribution in [3.05, 3.63) is 35.6 Å². The van der Waals surface area contributed by atoms with E-state index in [0.717, 1.165) is 0 Å². The standard InChI is InChI=1S/C11H13FO3/c12-9-4-2-1-3-8(9)11(13)10-7-14-5-6-15-10/h1-4,10-11,13H,5-7H2. The first-order chi connectivity index (χ1) is 7.29. The predicted octanol–water partition coefficient (Wildman–Crippen LogP) is 1.27. The van der Waals surface area contributed by atoms with Crippen LogP contribution in [0.3, 0.4) is 0 Å². The highest BCUT2D eigenvalue weighted by atomic mass is 19.1. The molecule has 0 bridgehead atoms. The van der Waals surface area contributed by atoms with Crippen LogP contribution in [0.25, 0.3) is 0 Å². The summed E-state index contributed by atoms with van der Waals surface area (Å²) in [7, 11) is 0. The second kappa shape index (κ2) is 4.70. The number of benzene rings is 1. The second-order valence-corrected chi connectivity index (χ2v) is 3.45. The summed E-state index contributed by atoms with van der Waals surface area (Å²) in [4.78, 5) is 0. The Morgan fingerprint density at radius 1 is 1.33 bits per heavy atom. The molecule has 3 nitrogen and oxygen atoms in total. The van der Waals surface area contributed by atoms with Crippen LogP contribution in [0.4, 0.5) is 4.39 Å². The first-order valence-corrected chi connectivity index (χ1v) is 4.91. The fraction of sp³-hybridized carbons (Fsp3) is 0.455. The molecule has 1 aliphatic heterocycles. The molecule has 0 amide bonds. The van der Waals surface area contributed by atoms with Gasteiger partial charge >= 0.3 is 0 Å². The molecule has 0 radical (unpaired) electrons. The van der Waals surface area contributed by atoms with Crippen molar-refractivity contribution in [2.24, 2.45) is 0 Å². The third kappa shape index (κ3) is 2.34. The van der Waals surface area contributed by atoms with Crippen LogP contribution < -0.4 is 0 Å². The van der Waals surface area contributed by atoms with Crippen molar-refractivity contribution in [1.29, 1.82) is 0 Å². The molecule has 0 aliphatic carbocycles. The van der Waals surface area contributed by atoms with Gasteiger partial charge in [0.05, 0.1) is 19.8 Å². The third-order valence-electron chi connectivity index (χ3n) is 2.42. The summed E-state index contributed by atoms with van der Waals surface area (Å²) in [6.45, 7) is 1.27. The van der Waals surface area contributed by atoms with Gasteiger partial charge in [-0.05, 0) is 6.07 Å². The number of halogens is 1. The normalized spacial score (nSPS) is 23.7. The van der Waals surface area contributed by atoms with Crippen molar-refractivity contribution >= 4 is 0 Å². The van der Waals surface area contributed by atoms with E-state index in [9.17, 15) is 9.50 Å². The van der Waals surface area contributed by atoms with Gasteiger partial charge in [0.15, 0.2) is 0 Å². The molecule has 2 atom stereocenters. The van der Waals surface area contributed by atoms with E-state index in [2.05, 4.69) is 0 Å². The minimum absolute atomic E-state index is 0.257. The molecular weight excluding hydrogens is 199 g/mol. The first-order valence-electron chi connectivity index (χ1n) is 4.91.